The summed E-state index contributed by atoms with van der Waals surface area (Å²) in [6.07, 6.45) is 3.55. The molecule has 7 nitrogen and oxygen atoms in total. The highest BCUT2D eigenvalue weighted by Crippen LogP contribution is 2.37. The van der Waals surface area contributed by atoms with Crippen molar-refractivity contribution < 1.29 is 29.3 Å². The minimum Gasteiger partial charge on any atom is -0.493 e. The first kappa shape index (κ1) is 20.8. The standard InChI is InChI=1S/C20H27NO6/c1-3-4-5-6-11-27-18-12-14(19(23)26-2)7-8-16(18)17-13-15(22)9-10-21(17)20(24)25/h3,7-8,12,15,17,22H,1,4-6,9-11,13H2,2H3,(H,24,25)/t15?,17-/m0/s1. The van der Waals surface area contributed by atoms with E-state index >= 15 is 0 Å². The second-order valence-electron chi connectivity index (χ2n) is 6.55. The number of carbonyl (C=O) groups excluding carboxylic acids is 1. The van der Waals surface area contributed by atoms with E-state index in [4.69, 9.17) is 9.47 Å². The summed E-state index contributed by atoms with van der Waals surface area (Å²) >= 11 is 0. The number of nitrogens with zero attached hydrogens (tertiary/aromatic N) is 1. The fourth-order valence-corrected chi connectivity index (χ4v) is 3.22. The van der Waals surface area contributed by atoms with Crippen molar-refractivity contribution in [1.82, 2.24) is 4.90 Å². The lowest BCUT2D eigenvalue weighted by atomic mass is 9.92. The van der Waals surface area contributed by atoms with E-state index in [1.165, 1.54) is 12.0 Å². The first-order valence-corrected chi connectivity index (χ1v) is 9.11. The van der Waals surface area contributed by atoms with Crippen molar-refractivity contribution in [2.75, 3.05) is 20.3 Å². The summed E-state index contributed by atoms with van der Waals surface area (Å²) in [5.41, 5.74) is 0.980. The van der Waals surface area contributed by atoms with Crippen molar-refractivity contribution in [2.45, 2.75) is 44.2 Å². The highest BCUT2D eigenvalue weighted by Gasteiger charge is 2.34. The predicted octanol–water partition coefficient (Wildman–Crippen LogP) is 3.38. The molecule has 0 spiro atoms. The van der Waals surface area contributed by atoms with Crippen LogP contribution in [0.3, 0.4) is 0 Å². The lowest BCUT2D eigenvalue weighted by molar-refractivity contribution is 0.0413. The molecular weight excluding hydrogens is 350 g/mol. The van der Waals surface area contributed by atoms with Crippen LogP contribution in [0.25, 0.3) is 0 Å². The molecule has 0 bridgehead atoms. The molecule has 148 valence electrons. The second kappa shape index (κ2) is 9.97. The van der Waals surface area contributed by atoms with Crippen LogP contribution >= 0.6 is 0 Å². The summed E-state index contributed by atoms with van der Waals surface area (Å²) < 4.78 is 10.7. The molecule has 1 aromatic carbocycles. The fourth-order valence-electron chi connectivity index (χ4n) is 3.22. The number of rotatable bonds is 8. The molecule has 1 fully saturated rings. The summed E-state index contributed by atoms with van der Waals surface area (Å²) in [5, 5.41) is 19.6. The van der Waals surface area contributed by atoms with E-state index in [2.05, 4.69) is 6.58 Å². The zero-order valence-electron chi connectivity index (χ0n) is 15.6. The lowest BCUT2D eigenvalue weighted by Crippen LogP contribution is -2.42. The molecule has 1 saturated heterocycles. The Kier molecular flexibility index (Phi) is 7.67. The van der Waals surface area contributed by atoms with E-state index < -0.39 is 24.2 Å². The molecule has 1 unspecified atom stereocenters. The Morgan fingerprint density at radius 3 is 2.81 bits per heavy atom. The SMILES string of the molecule is C=CCCCCOc1cc(C(=O)OC)ccc1[C@@H]1CC(O)CCN1C(=O)O. The molecule has 1 heterocycles. The van der Waals surface area contributed by atoms with E-state index in [1.54, 1.807) is 18.2 Å². The monoisotopic (exact) mass is 377 g/mol. The quantitative estimate of drug-likeness (QED) is 0.410. The van der Waals surface area contributed by atoms with Gasteiger partial charge in [-0.15, -0.1) is 6.58 Å². The molecule has 0 radical (unpaired) electrons. The highest BCUT2D eigenvalue weighted by atomic mass is 16.5. The van der Waals surface area contributed by atoms with Gasteiger partial charge in [-0.1, -0.05) is 12.1 Å². The van der Waals surface area contributed by atoms with Gasteiger partial charge >= 0.3 is 12.1 Å². The Labute approximate surface area is 159 Å². The van der Waals surface area contributed by atoms with Crippen LogP contribution in [0, 0.1) is 0 Å². The van der Waals surface area contributed by atoms with Gasteiger partial charge in [-0.3, -0.25) is 0 Å². The number of aliphatic hydroxyl groups excluding tert-OH is 1. The topological polar surface area (TPSA) is 96.3 Å². The van der Waals surface area contributed by atoms with Gasteiger partial charge < -0.3 is 24.6 Å². The zero-order chi connectivity index (χ0) is 19.8. The minimum atomic E-state index is -1.04. The average Bonchev–Trinajstić information content (AvgIpc) is 2.66. The molecule has 1 aliphatic rings. The maximum absolute atomic E-state index is 11.9. The number of ether oxygens (including phenoxy) is 2. The Hall–Kier alpha value is -2.54. The van der Waals surface area contributed by atoms with Gasteiger partial charge in [0.2, 0.25) is 0 Å². The van der Waals surface area contributed by atoms with E-state index in [9.17, 15) is 19.8 Å². The maximum Gasteiger partial charge on any atom is 0.407 e. The molecule has 27 heavy (non-hydrogen) atoms. The molecule has 0 saturated carbocycles. The molecular formula is C20H27NO6. The number of unbranched alkanes of at least 4 members (excludes halogenated alkanes) is 2. The third-order valence-electron chi connectivity index (χ3n) is 4.67. The minimum absolute atomic E-state index is 0.249. The van der Waals surface area contributed by atoms with Gasteiger partial charge in [0.1, 0.15) is 5.75 Å². The summed E-state index contributed by atoms with van der Waals surface area (Å²) in [7, 11) is 1.30. The van der Waals surface area contributed by atoms with E-state index in [0.717, 1.165) is 19.3 Å². The number of methoxy groups -OCH3 is 1. The Bertz CT molecular complexity index is 674. The normalized spacial score (nSPS) is 19.4. The molecule has 1 amide bonds. The highest BCUT2D eigenvalue weighted by molar-refractivity contribution is 5.90. The lowest BCUT2D eigenvalue weighted by Gasteiger charge is -2.37. The molecule has 0 aliphatic carbocycles. The van der Waals surface area contributed by atoms with Crippen LogP contribution < -0.4 is 4.74 Å². The number of likely N-dealkylation sites (tertiary alicyclic amines) is 1. The van der Waals surface area contributed by atoms with Gasteiger partial charge in [-0.2, -0.15) is 0 Å². The number of allylic oxidation sites excluding steroid dienone is 1. The van der Waals surface area contributed by atoms with Crippen molar-refractivity contribution in [3.63, 3.8) is 0 Å². The van der Waals surface area contributed by atoms with Crippen LogP contribution in [0.4, 0.5) is 4.79 Å². The second-order valence-corrected chi connectivity index (χ2v) is 6.55. The molecule has 2 rings (SSSR count). The summed E-state index contributed by atoms with van der Waals surface area (Å²) in [5.74, 6) is -0.0429. The smallest absolute Gasteiger partial charge is 0.407 e. The van der Waals surface area contributed by atoms with E-state index in [1.807, 2.05) is 6.08 Å². The number of benzene rings is 1. The zero-order valence-corrected chi connectivity index (χ0v) is 15.6. The van der Waals surface area contributed by atoms with Gasteiger partial charge in [0.15, 0.2) is 0 Å². The number of esters is 1. The van der Waals surface area contributed by atoms with Crippen LogP contribution in [0.2, 0.25) is 0 Å². The van der Waals surface area contributed by atoms with Crippen molar-refractivity contribution in [2.24, 2.45) is 0 Å². The van der Waals surface area contributed by atoms with Crippen LogP contribution in [-0.4, -0.2) is 53.5 Å². The Morgan fingerprint density at radius 2 is 2.15 bits per heavy atom. The van der Waals surface area contributed by atoms with Crippen molar-refractivity contribution in [1.29, 1.82) is 0 Å². The van der Waals surface area contributed by atoms with Crippen LogP contribution in [0.5, 0.6) is 5.75 Å². The van der Waals surface area contributed by atoms with Crippen LogP contribution in [0.1, 0.15) is 54.1 Å². The molecule has 1 aromatic rings. The maximum atomic E-state index is 11.9. The molecule has 2 N–H and O–H groups in total. The Morgan fingerprint density at radius 1 is 1.37 bits per heavy atom. The number of hydrogen-bond donors (Lipinski definition) is 2. The third-order valence-corrected chi connectivity index (χ3v) is 4.67. The number of carbonyl (C=O) groups is 2. The van der Waals surface area contributed by atoms with Gasteiger partial charge in [0.25, 0.3) is 0 Å². The average molecular weight is 377 g/mol. The van der Waals surface area contributed by atoms with Crippen molar-refractivity contribution >= 4 is 12.1 Å². The number of carboxylic acid groups (broad SMARTS) is 1. The summed E-state index contributed by atoms with van der Waals surface area (Å²) in [6, 6.07) is 4.33. The van der Waals surface area contributed by atoms with Gasteiger partial charge in [-0.25, -0.2) is 9.59 Å². The molecule has 1 aliphatic heterocycles. The van der Waals surface area contributed by atoms with E-state index in [0.29, 0.717) is 29.9 Å². The van der Waals surface area contributed by atoms with Crippen LogP contribution in [-0.2, 0) is 4.74 Å². The Balaban J connectivity index is 2.29. The fraction of sp³-hybridized carbons (Fsp3) is 0.500. The van der Waals surface area contributed by atoms with Gasteiger partial charge in [0.05, 0.1) is 31.4 Å². The van der Waals surface area contributed by atoms with Gasteiger partial charge in [0, 0.05) is 12.1 Å². The molecule has 0 aromatic heterocycles. The number of hydrogen-bond acceptors (Lipinski definition) is 5. The number of piperidine rings is 1. The summed E-state index contributed by atoms with van der Waals surface area (Å²) in [6.45, 7) is 4.37. The van der Waals surface area contributed by atoms with Crippen LogP contribution in [0.15, 0.2) is 30.9 Å². The number of aliphatic hydroxyl groups is 1. The summed E-state index contributed by atoms with van der Waals surface area (Å²) in [4.78, 5) is 24.8. The first-order chi connectivity index (χ1) is 13.0. The predicted molar refractivity (Wildman–Crippen MR) is 100 cm³/mol. The number of amides is 1. The molecule has 2 atom stereocenters. The van der Waals surface area contributed by atoms with E-state index in [-0.39, 0.29) is 13.0 Å². The van der Waals surface area contributed by atoms with Gasteiger partial charge in [-0.05, 0) is 44.2 Å². The van der Waals surface area contributed by atoms with Crippen molar-refractivity contribution in [3.05, 3.63) is 42.0 Å². The largest absolute Gasteiger partial charge is 0.493 e. The van der Waals surface area contributed by atoms with Crippen molar-refractivity contribution in [3.8, 4) is 5.75 Å². The third kappa shape index (κ3) is 5.47. The molecule has 7 heteroatoms. The first-order valence-electron chi connectivity index (χ1n) is 9.11.